The summed E-state index contributed by atoms with van der Waals surface area (Å²) in [5, 5.41) is 0.742. The Balaban J connectivity index is 1.89. The Morgan fingerprint density at radius 2 is 1.86 bits per heavy atom. The number of hydrogen-bond donors (Lipinski definition) is 0. The van der Waals surface area contributed by atoms with Crippen molar-refractivity contribution in [1.82, 2.24) is 4.90 Å². The van der Waals surface area contributed by atoms with Crippen molar-refractivity contribution in [1.29, 1.82) is 0 Å². The fourth-order valence-electron chi connectivity index (χ4n) is 4.05. The van der Waals surface area contributed by atoms with E-state index in [1.54, 1.807) is 0 Å². The van der Waals surface area contributed by atoms with E-state index in [0.717, 1.165) is 55.8 Å². The number of piperidine rings is 1. The summed E-state index contributed by atoms with van der Waals surface area (Å²) in [4.78, 5) is 15.4. The normalized spacial score (nSPS) is 25.0. The maximum Gasteiger partial charge on any atom is 0.233 e. The zero-order valence-electron chi connectivity index (χ0n) is 12.8. The second-order valence-corrected chi connectivity index (χ2v) is 7.23. The molecule has 1 aliphatic carbocycles. The minimum absolute atomic E-state index is 0.290. The minimum atomic E-state index is -0.290. The summed E-state index contributed by atoms with van der Waals surface area (Å²) in [7, 11) is 0. The van der Waals surface area contributed by atoms with E-state index in [-0.39, 0.29) is 5.41 Å². The van der Waals surface area contributed by atoms with Crippen LogP contribution >= 0.6 is 11.6 Å². The maximum atomic E-state index is 13.2. The van der Waals surface area contributed by atoms with Gasteiger partial charge in [0.1, 0.15) is 0 Å². The molecule has 1 heterocycles. The second kappa shape index (κ2) is 6.00. The van der Waals surface area contributed by atoms with Gasteiger partial charge >= 0.3 is 0 Å². The van der Waals surface area contributed by atoms with Gasteiger partial charge in [0.2, 0.25) is 5.91 Å². The molecule has 1 saturated carbocycles. The van der Waals surface area contributed by atoms with E-state index in [9.17, 15) is 4.79 Å². The highest BCUT2D eigenvalue weighted by Crippen LogP contribution is 2.43. The van der Waals surface area contributed by atoms with Gasteiger partial charge < -0.3 is 4.90 Å². The Bertz CT molecular complexity index is 504. The first-order valence-electron chi connectivity index (χ1n) is 8.17. The average Bonchev–Trinajstić information content (AvgIpc) is 2.98. The lowest BCUT2D eigenvalue weighted by Gasteiger charge is -2.38. The van der Waals surface area contributed by atoms with Gasteiger partial charge in [0.05, 0.1) is 5.41 Å². The predicted molar refractivity (Wildman–Crippen MR) is 86.6 cm³/mol. The van der Waals surface area contributed by atoms with Crippen molar-refractivity contribution in [2.24, 2.45) is 5.92 Å². The van der Waals surface area contributed by atoms with Crippen molar-refractivity contribution in [3.8, 4) is 0 Å². The summed E-state index contributed by atoms with van der Waals surface area (Å²) in [5.74, 6) is 0.986. The number of benzene rings is 1. The van der Waals surface area contributed by atoms with Crippen LogP contribution < -0.4 is 0 Å². The second-order valence-electron chi connectivity index (χ2n) is 6.79. The molecule has 3 heteroatoms. The molecule has 1 unspecified atom stereocenters. The Hall–Kier alpha value is -1.02. The number of halogens is 1. The lowest BCUT2D eigenvalue weighted by atomic mass is 9.77. The van der Waals surface area contributed by atoms with Gasteiger partial charge in [-0.05, 0) is 49.3 Å². The molecular weight excluding hydrogens is 282 g/mol. The van der Waals surface area contributed by atoms with Gasteiger partial charge in [-0.3, -0.25) is 4.79 Å². The van der Waals surface area contributed by atoms with Crippen molar-refractivity contribution >= 4 is 17.5 Å². The molecule has 0 bridgehead atoms. The van der Waals surface area contributed by atoms with Crippen LogP contribution in [-0.2, 0) is 10.2 Å². The van der Waals surface area contributed by atoms with Gasteiger partial charge in [0.25, 0.3) is 0 Å². The van der Waals surface area contributed by atoms with Gasteiger partial charge in [0, 0.05) is 18.1 Å². The van der Waals surface area contributed by atoms with E-state index < -0.39 is 0 Å². The van der Waals surface area contributed by atoms with E-state index >= 15 is 0 Å². The molecule has 1 atom stereocenters. The van der Waals surface area contributed by atoms with Gasteiger partial charge in [-0.25, -0.2) is 0 Å². The third-order valence-corrected chi connectivity index (χ3v) is 5.46. The molecule has 1 saturated heterocycles. The monoisotopic (exact) mass is 305 g/mol. The first kappa shape index (κ1) is 14.9. The lowest BCUT2D eigenvalue weighted by Crippen LogP contribution is -2.49. The molecular formula is C18H24ClNO. The number of rotatable bonds is 2. The topological polar surface area (TPSA) is 20.3 Å². The van der Waals surface area contributed by atoms with Gasteiger partial charge in [0.15, 0.2) is 0 Å². The quantitative estimate of drug-likeness (QED) is 0.792. The molecule has 1 aromatic carbocycles. The highest BCUT2D eigenvalue weighted by Gasteiger charge is 2.45. The third-order valence-electron chi connectivity index (χ3n) is 5.21. The fourth-order valence-corrected chi connectivity index (χ4v) is 4.18. The average molecular weight is 306 g/mol. The number of amides is 1. The first-order chi connectivity index (χ1) is 10.1. The molecule has 3 rings (SSSR count). The van der Waals surface area contributed by atoms with Crippen molar-refractivity contribution in [3.63, 3.8) is 0 Å². The number of carbonyl (C=O) groups is 1. The summed E-state index contributed by atoms with van der Waals surface area (Å²) in [6, 6.07) is 7.95. The van der Waals surface area contributed by atoms with E-state index in [0.29, 0.717) is 11.8 Å². The Kier molecular flexibility index (Phi) is 4.26. The Labute approximate surface area is 132 Å². The predicted octanol–water partition coefficient (Wildman–Crippen LogP) is 4.41. The zero-order chi connectivity index (χ0) is 14.9. The van der Waals surface area contributed by atoms with Crippen molar-refractivity contribution in [3.05, 3.63) is 34.9 Å². The smallest absolute Gasteiger partial charge is 0.233 e. The molecule has 2 aliphatic rings. The molecule has 0 radical (unpaired) electrons. The summed E-state index contributed by atoms with van der Waals surface area (Å²) < 4.78 is 0. The highest BCUT2D eigenvalue weighted by atomic mass is 35.5. The van der Waals surface area contributed by atoms with Crippen LogP contribution in [0.25, 0.3) is 0 Å². The summed E-state index contributed by atoms with van der Waals surface area (Å²) >= 11 is 6.02. The van der Waals surface area contributed by atoms with Crippen LogP contribution in [0.5, 0.6) is 0 Å². The maximum absolute atomic E-state index is 13.2. The summed E-state index contributed by atoms with van der Waals surface area (Å²) in [6.07, 6.45) is 6.66. The van der Waals surface area contributed by atoms with Crippen LogP contribution in [0.4, 0.5) is 0 Å². The standard InChI is InChI=1S/C18H24ClNO/c1-14-5-4-12-20(13-14)17(21)18(10-2-3-11-18)15-6-8-16(19)9-7-15/h6-9,14H,2-5,10-13H2,1H3. The van der Waals surface area contributed by atoms with Gasteiger partial charge in [-0.1, -0.05) is 43.5 Å². The molecule has 2 fully saturated rings. The molecule has 0 N–H and O–H groups in total. The lowest BCUT2D eigenvalue weighted by molar-refractivity contribution is -0.139. The fraction of sp³-hybridized carbons (Fsp3) is 0.611. The highest BCUT2D eigenvalue weighted by molar-refractivity contribution is 6.30. The van der Waals surface area contributed by atoms with Crippen LogP contribution in [0.3, 0.4) is 0 Å². The molecule has 2 nitrogen and oxygen atoms in total. The SMILES string of the molecule is CC1CCCN(C(=O)C2(c3ccc(Cl)cc3)CCCC2)C1. The van der Waals surface area contributed by atoms with E-state index in [1.807, 2.05) is 12.1 Å². The number of likely N-dealkylation sites (tertiary alicyclic amines) is 1. The molecule has 1 aromatic rings. The number of carbonyl (C=O) groups excluding carboxylic acids is 1. The Morgan fingerprint density at radius 1 is 1.19 bits per heavy atom. The molecule has 21 heavy (non-hydrogen) atoms. The molecule has 1 aliphatic heterocycles. The van der Waals surface area contributed by atoms with Crippen LogP contribution in [-0.4, -0.2) is 23.9 Å². The van der Waals surface area contributed by atoms with E-state index in [4.69, 9.17) is 11.6 Å². The number of hydrogen-bond acceptors (Lipinski definition) is 1. The first-order valence-corrected chi connectivity index (χ1v) is 8.55. The molecule has 0 spiro atoms. The summed E-state index contributed by atoms with van der Waals surface area (Å²) in [6.45, 7) is 4.11. The minimum Gasteiger partial charge on any atom is -0.342 e. The zero-order valence-corrected chi connectivity index (χ0v) is 13.5. The van der Waals surface area contributed by atoms with Crippen molar-refractivity contribution < 1.29 is 4.79 Å². The largest absolute Gasteiger partial charge is 0.342 e. The van der Waals surface area contributed by atoms with E-state index in [2.05, 4.69) is 24.0 Å². The van der Waals surface area contributed by atoms with E-state index in [1.165, 1.54) is 6.42 Å². The van der Waals surface area contributed by atoms with Crippen LogP contribution in [0.2, 0.25) is 5.02 Å². The van der Waals surface area contributed by atoms with Gasteiger partial charge in [-0.15, -0.1) is 0 Å². The van der Waals surface area contributed by atoms with Crippen LogP contribution in [0.15, 0.2) is 24.3 Å². The van der Waals surface area contributed by atoms with Gasteiger partial charge in [-0.2, -0.15) is 0 Å². The van der Waals surface area contributed by atoms with Crippen molar-refractivity contribution in [2.75, 3.05) is 13.1 Å². The Morgan fingerprint density at radius 3 is 2.48 bits per heavy atom. The molecule has 0 aromatic heterocycles. The van der Waals surface area contributed by atoms with Crippen LogP contribution in [0.1, 0.15) is 51.0 Å². The molecule has 114 valence electrons. The van der Waals surface area contributed by atoms with Crippen LogP contribution in [0, 0.1) is 5.92 Å². The number of nitrogens with zero attached hydrogens (tertiary/aromatic N) is 1. The summed E-state index contributed by atoms with van der Waals surface area (Å²) in [5.41, 5.74) is 0.870. The molecule has 1 amide bonds. The van der Waals surface area contributed by atoms with Crippen molar-refractivity contribution in [2.45, 2.75) is 50.9 Å². The third kappa shape index (κ3) is 2.83.